The van der Waals surface area contributed by atoms with Gasteiger partial charge in [-0.15, -0.1) is 35.3 Å². The van der Waals surface area contributed by atoms with Gasteiger partial charge in [-0.3, -0.25) is 9.89 Å². The van der Waals surface area contributed by atoms with Crippen LogP contribution in [0.15, 0.2) is 10.4 Å². The molecule has 1 fully saturated rings. The maximum atomic E-state index is 5.35. The molecule has 0 radical (unpaired) electrons. The number of nitrogens with zero attached hydrogens (tertiary/aromatic N) is 3. The molecule has 7 heteroatoms. The third-order valence-electron chi connectivity index (χ3n) is 3.29. The van der Waals surface area contributed by atoms with Crippen LogP contribution in [-0.4, -0.2) is 35.5 Å². The summed E-state index contributed by atoms with van der Waals surface area (Å²) < 4.78 is 0. The molecule has 4 N–H and O–H groups in total. The molecule has 1 saturated heterocycles. The molecule has 1 aliphatic heterocycles. The second-order valence-corrected chi connectivity index (χ2v) is 5.91. The molecule has 0 aliphatic carbocycles. The minimum absolute atomic E-state index is 0. The lowest BCUT2D eigenvalue weighted by atomic mass is 9.97. The maximum Gasteiger partial charge on any atom is 0.185 e. The van der Waals surface area contributed by atoms with Crippen molar-refractivity contribution in [3.8, 4) is 0 Å². The van der Waals surface area contributed by atoms with Crippen molar-refractivity contribution in [1.82, 2.24) is 9.88 Å². The minimum Gasteiger partial charge on any atom is -0.370 e. The fraction of sp³-hybridized carbons (Fsp3) is 0.667. The van der Waals surface area contributed by atoms with Crippen LogP contribution in [0.4, 0.5) is 0 Å². The lowest BCUT2D eigenvalue weighted by Crippen LogP contribution is -2.34. The van der Waals surface area contributed by atoms with E-state index < -0.39 is 0 Å². The summed E-state index contributed by atoms with van der Waals surface area (Å²) in [6.07, 6.45) is 2.33. The number of halogens is 1. The number of guanidine groups is 1. The van der Waals surface area contributed by atoms with E-state index in [1.807, 2.05) is 0 Å². The summed E-state index contributed by atoms with van der Waals surface area (Å²) >= 11 is 1.72. The van der Waals surface area contributed by atoms with E-state index in [0.717, 1.165) is 31.2 Å². The number of nitrogens with two attached hydrogens (primary N) is 2. The Labute approximate surface area is 135 Å². The molecule has 1 aliphatic rings. The van der Waals surface area contributed by atoms with Crippen LogP contribution < -0.4 is 11.5 Å². The Kier molecular flexibility index (Phi) is 7.01. The van der Waals surface area contributed by atoms with Crippen molar-refractivity contribution in [1.29, 1.82) is 0 Å². The number of hydrogen-bond acceptors (Lipinski definition) is 4. The van der Waals surface area contributed by atoms with Gasteiger partial charge in [0.2, 0.25) is 0 Å². The van der Waals surface area contributed by atoms with E-state index in [4.69, 9.17) is 11.5 Å². The zero-order chi connectivity index (χ0) is 13.0. The number of aliphatic imine (C=N–C) groups is 1. The highest BCUT2D eigenvalue weighted by atomic mass is 127. The van der Waals surface area contributed by atoms with Gasteiger partial charge in [-0.1, -0.05) is 0 Å². The van der Waals surface area contributed by atoms with Gasteiger partial charge in [0.15, 0.2) is 5.96 Å². The van der Waals surface area contributed by atoms with Gasteiger partial charge in [-0.2, -0.15) is 0 Å². The second kappa shape index (κ2) is 8.01. The fourth-order valence-electron chi connectivity index (χ4n) is 2.27. The number of rotatable bonds is 4. The van der Waals surface area contributed by atoms with Gasteiger partial charge in [0.25, 0.3) is 0 Å². The highest BCUT2D eigenvalue weighted by molar-refractivity contribution is 14.0. The number of piperidine rings is 1. The minimum atomic E-state index is 0. The van der Waals surface area contributed by atoms with E-state index in [0.29, 0.717) is 5.92 Å². The van der Waals surface area contributed by atoms with E-state index >= 15 is 0 Å². The Balaban J connectivity index is 0.00000180. The van der Waals surface area contributed by atoms with E-state index in [2.05, 4.69) is 27.2 Å². The van der Waals surface area contributed by atoms with E-state index in [9.17, 15) is 0 Å². The van der Waals surface area contributed by atoms with Crippen LogP contribution in [0.25, 0.3) is 0 Å². The molecule has 0 aromatic carbocycles. The number of hydrogen-bond donors (Lipinski definition) is 2. The van der Waals surface area contributed by atoms with E-state index in [1.54, 1.807) is 11.3 Å². The summed E-state index contributed by atoms with van der Waals surface area (Å²) in [6, 6.07) is 0. The molecular formula is C12H22IN5S. The Morgan fingerprint density at radius 2 is 2.16 bits per heavy atom. The smallest absolute Gasteiger partial charge is 0.185 e. The molecule has 0 unspecified atom stereocenters. The number of thiazole rings is 1. The molecule has 5 nitrogen and oxygen atoms in total. The quantitative estimate of drug-likeness (QED) is 0.461. The Morgan fingerprint density at radius 3 is 2.68 bits per heavy atom. The molecule has 0 amide bonds. The number of likely N-dealkylation sites (tertiary alicyclic amines) is 1. The molecule has 0 atom stereocenters. The SMILES string of the molecule is Cc1nc(CN2CCC(CN=C(N)N)CC2)cs1.I. The average molecular weight is 395 g/mol. The predicted octanol–water partition coefficient (Wildman–Crippen LogP) is 1.55. The molecule has 0 spiro atoms. The first kappa shape index (κ1) is 16.6. The molecule has 0 saturated carbocycles. The standard InChI is InChI=1S/C12H21N5S.HI/c1-9-16-11(8-18-9)7-17-4-2-10(3-5-17)6-15-12(13)14;/h8,10H,2-7H2,1H3,(H4,13,14,15);1H. The van der Waals surface area contributed by atoms with Gasteiger partial charge in [0.05, 0.1) is 10.7 Å². The van der Waals surface area contributed by atoms with Crippen LogP contribution in [0.3, 0.4) is 0 Å². The lowest BCUT2D eigenvalue weighted by molar-refractivity contribution is 0.179. The third-order valence-corrected chi connectivity index (χ3v) is 4.11. The van der Waals surface area contributed by atoms with Crippen molar-refractivity contribution in [2.75, 3.05) is 19.6 Å². The largest absolute Gasteiger partial charge is 0.370 e. The summed E-state index contributed by atoms with van der Waals surface area (Å²) in [5, 5.41) is 3.30. The zero-order valence-electron chi connectivity index (χ0n) is 11.2. The van der Waals surface area contributed by atoms with Crippen molar-refractivity contribution in [3.63, 3.8) is 0 Å². The summed E-state index contributed by atoms with van der Waals surface area (Å²) in [5.41, 5.74) is 11.9. The summed E-state index contributed by atoms with van der Waals surface area (Å²) in [6.45, 7) is 6.02. The van der Waals surface area contributed by atoms with Gasteiger partial charge in [-0.05, 0) is 38.8 Å². The zero-order valence-corrected chi connectivity index (χ0v) is 14.4. The van der Waals surface area contributed by atoms with Gasteiger partial charge in [-0.25, -0.2) is 4.98 Å². The number of aryl methyl sites for hydroxylation is 1. The van der Waals surface area contributed by atoms with Gasteiger partial charge >= 0.3 is 0 Å². The predicted molar refractivity (Wildman–Crippen MR) is 90.9 cm³/mol. The highest BCUT2D eigenvalue weighted by Crippen LogP contribution is 2.19. The first-order valence-electron chi connectivity index (χ1n) is 6.32. The van der Waals surface area contributed by atoms with Crippen molar-refractivity contribution in [2.45, 2.75) is 26.3 Å². The number of aromatic nitrogens is 1. The van der Waals surface area contributed by atoms with Crippen LogP contribution in [0.5, 0.6) is 0 Å². The Morgan fingerprint density at radius 1 is 1.47 bits per heavy atom. The molecule has 19 heavy (non-hydrogen) atoms. The molecule has 1 aromatic heterocycles. The monoisotopic (exact) mass is 395 g/mol. The topological polar surface area (TPSA) is 80.5 Å². The van der Waals surface area contributed by atoms with Crippen molar-refractivity contribution < 1.29 is 0 Å². The highest BCUT2D eigenvalue weighted by Gasteiger charge is 2.19. The molecular weight excluding hydrogens is 373 g/mol. The van der Waals surface area contributed by atoms with Crippen molar-refractivity contribution >= 4 is 41.3 Å². The van der Waals surface area contributed by atoms with Gasteiger partial charge < -0.3 is 11.5 Å². The molecule has 1 aromatic rings. The van der Waals surface area contributed by atoms with E-state index in [-0.39, 0.29) is 29.9 Å². The first-order chi connectivity index (χ1) is 8.63. The van der Waals surface area contributed by atoms with Gasteiger partial charge in [0.1, 0.15) is 0 Å². The van der Waals surface area contributed by atoms with Crippen LogP contribution in [0.2, 0.25) is 0 Å². The summed E-state index contributed by atoms with van der Waals surface area (Å²) in [4.78, 5) is 11.1. The van der Waals surface area contributed by atoms with Crippen LogP contribution >= 0.6 is 35.3 Å². The average Bonchev–Trinajstić information content (AvgIpc) is 2.74. The first-order valence-corrected chi connectivity index (χ1v) is 7.20. The van der Waals surface area contributed by atoms with Crippen LogP contribution in [0.1, 0.15) is 23.5 Å². The third kappa shape index (κ3) is 5.62. The lowest BCUT2D eigenvalue weighted by Gasteiger charge is -2.30. The fourth-order valence-corrected chi connectivity index (χ4v) is 2.88. The summed E-state index contributed by atoms with van der Waals surface area (Å²) in [5.74, 6) is 0.830. The molecule has 2 heterocycles. The van der Waals surface area contributed by atoms with Crippen molar-refractivity contribution in [2.24, 2.45) is 22.4 Å². The van der Waals surface area contributed by atoms with Crippen molar-refractivity contribution in [3.05, 3.63) is 16.1 Å². The molecule has 0 bridgehead atoms. The molecule has 2 rings (SSSR count). The molecule has 108 valence electrons. The maximum absolute atomic E-state index is 5.35. The Bertz CT molecular complexity index is 408. The summed E-state index contributed by atoms with van der Waals surface area (Å²) in [7, 11) is 0. The van der Waals surface area contributed by atoms with Crippen LogP contribution in [-0.2, 0) is 6.54 Å². The normalized spacial score (nSPS) is 16.9. The van der Waals surface area contributed by atoms with Gasteiger partial charge in [0, 0.05) is 18.5 Å². The van der Waals surface area contributed by atoms with Crippen LogP contribution in [0, 0.1) is 12.8 Å². The van der Waals surface area contributed by atoms with E-state index in [1.165, 1.54) is 18.5 Å². The second-order valence-electron chi connectivity index (χ2n) is 4.84. The Hall–Kier alpha value is -0.410.